The molecule has 1 amide bonds. The third kappa shape index (κ3) is 2.72. The molecular weight excluding hydrogens is 318 g/mol. The van der Waals surface area contributed by atoms with Crippen molar-refractivity contribution in [3.8, 4) is 0 Å². The Labute approximate surface area is 155 Å². The Morgan fingerprint density at radius 2 is 1.46 bits per heavy atom. The van der Waals surface area contributed by atoms with Crippen LogP contribution in [0.5, 0.6) is 0 Å². The average molecular weight is 341 g/mol. The molecule has 1 aliphatic rings. The normalized spacial score (nSPS) is 16.5. The van der Waals surface area contributed by atoms with Crippen LogP contribution >= 0.6 is 0 Å². The Balaban J connectivity index is 1.89. The van der Waals surface area contributed by atoms with E-state index in [1.165, 1.54) is 11.1 Å². The van der Waals surface area contributed by atoms with E-state index in [2.05, 4.69) is 63.2 Å². The molecule has 0 saturated carbocycles. The number of fused-ring (bicyclic) bond motifs is 1. The van der Waals surface area contributed by atoms with Gasteiger partial charge in [-0.15, -0.1) is 0 Å². The predicted molar refractivity (Wildman–Crippen MR) is 107 cm³/mol. The predicted octanol–water partition coefficient (Wildman–Crippen LogP) is 5.29. The number of rotatable bonds is 2. The van der Waals surface area contributed by atoms with E-state index in [1.807, 2.05) is 29.2 Å². The lowest BCUT2D eigenvalue weighted by Crippen LogP contribution is -2.40. The van der Waals surface area contributed by atoms with Gasteiger partial charge in [-0.25, -0.2) is 0 Å². The summed E-state index contributed by atoms with van der Waals surface area (Å²) in [6.07, 6.45) is 0. The van der Waals surface area contributed by atoms with Crippen LogP contribution in [-0.4, -0.2) is 5.91 Å². The van der Waals surface area contributed by atoms with Crippen LogP contribution in [-0.2, 0) is 11.3 Å². The standard InChI is InChI=1S/C24H23NO/c1-16-13-17(2)23(18(3)14-16)25-15-20-11-7-8-12-21(20)22(24(25)26)19-9-5-4-6-10-19/h4-14,22H,15H2,1-3H3. The first-order valence-corrected chi connectivity index (χ1v) is 9.08. The highest BCUT2D eigenvalue weighted by atomic mass is 16.2. The maximum absolute atomic E-state index is 13.6. The topological polar surface area (TPSA) is 20.3 Å². The van der Waals surface area contributed by atoms with Gasteiger partial charge in [-0.3, -0.25) is 4.79 Å². The Bertz CT molecular complexity index is 952. The molecule has 1 aliphatic heterocycles. The zero-order valence-corrected chi connectivity index (χ0v) is 15.5. The van der Waals surface area contributed by atoms with Crippen molar-refractivity contribution in [2.75, 3.05) is 4.90 Å². The van der Waals surface area contributed by atoms with Crippen LogP contribution in [0, 0.1) is 20.8 Å². The van der Waals surface area contributed by atoms with Gasteiger partial charge in [0.25, 0.3) is 0 Å². The number of benzene rings is 3. The third-order valence-electron chi connectivity index (χ3n) is 5.25. The molecule has 0 radical (unpaired) electrons. The summed E-state index contributed by atoms with van der Waals surface area (Å²) in [6.45, 7) is 6.92. The fourth-order valence-corrected chi connectivity index (χ4v) is 4.25. The molecule has 0 aromatic heterocycles. The van der Waals surface area contributed by atoms with Crippen molar-refractivity contribution in [1.29, 1.82) is 0 Å². The first-order chi connectivity index (χ1) is 12.6. The number of aryl methyl sites for hydroxylation is 3. The number of nitrogens with zero attached hydrogens (tertiary/aromatic N) is 1. The van der Waals surface area contributed by atoms with Crippen LogP contribution in [0.25, 0.3) is 0 Å². The molecule has 0 N–H and O–H groups in total. The first kappa shape index (κ1) is 16.6. The molecule has 3 aromatic rings. The second-order valence-electron chi connectivity index (χ2n) is 7.21. The first-order valence-electron chi connectivity index (χ1n) is 9.08. The number of carbonyl (C=O) groups excluding carboxylic acids is 1. The lowest BCUT2D eigenvalue weighted by atomic mass is 9.83. The molecule has 1 heterocycles. The fraction of sp³-hybridized carbons (Fsp3) is 0.208. The lowest BCUT2D eigenvalue weighted by molar-refractivity contribution is -0.119. The Kier molecular flexibility index (Phi) is 4.12. The van der Waals surface area contributed by atoms with Gasteiger partial charge in [-0.1, -0.05) is 72.3 Å². The van der Waals surface area contributed by atoms with E-state index in [0.29, 0.717) is 6.54 Å². The van der Waals surface area contributed by atoms with E-state index in [0.717, 1.165) is 27.9 Å². The lowest BCUT2D eigenvalue weighted by Gasteiger charge is -2.36. The summed E-state index contributed by atoms with van der Waals surface area (Å²) >= 11 is 0. The summed E-state index contributed by atoms with van der Waals surface area (Å²) in [4.78, 5) is 15.6. The van der Waals surface area contributed by atoms with E-state index < -0.39 is 0 Å². The van der Waals surface area contributed by atoms with Crippen molar-refractivity contribution in [2.24, 2.45) is 0 Å². The van der Waals surface area contributed by atoms with Crippen molar-refractivity contribution < 1.29 is 4.79 Å². The second-order valence-corrected chi connectivity index (χ2v) is 7.21. The van der Waals surface area contributed by atoms with E-state index in [-0.39, 0.29) is 11.8 Å². The van der Waals surface area contributed by atoms with Gasteiger partial charge in [-0.05, 0) is 48.6 Å². The third-order valence-corrected chi connectivity index (χ3v) is 5.25. The second kappa shape index (κ2) is 6.45. The van der Waals surface area contributed by atoms with Crippen molar-refractivity contribution in [1.82, 2.24) is 0 Å². The van der Waals surface area contributed by atoms with Gasteiger partial charge in [0.2, 0.25) is 5.91 Å². The molecule has 1 atom stereocenters. The summed E-state index contributed by atoms with van der Waals surface area (Å²) in [6, 6.07) is 22.8. The largest absolute Gasteiger partial charge is 0.307 e. The smallest absolute Gasteiger partial charge is 0.239 e. The van der Waals surface area contributed by atoms with Crippen LogP contribution in [0.3, 0.4) is 0 Å². The van der Waals surface area contributed by atoms with Crippen molar-refractivity contribution in [3.63, 3.8) is 0 Å². The zero-order valence-electron chi connectivity index (χ0n) is 15.5. The van der Waals surface area contributed by atoms with E-state index >= 15 is 0 Å². The van der Waals surface area contributed by atoms with E-state index in [4.69, 9.17) is 0 Å². The zero-order chi connectivity index (χ0) is 18.3. The number of anilines is 1. The molecule has 4 rings (SSSR count). The summed E-state index contributed by atoms with van der Waals surface area (Å²) in [7, 11) is 0. The SMILES string of the molecule is Cc1cc(C)c(N2Cc3ccccc3C(c3ccccc3)C2=O)c(C)c1. The molecular formula is C24H23NO. The van der Waals surface area contributed by atoms with Gasteiger partial charge in [0.15, 0.2) is 0 Å². The van der Waals surface area contributed by atoms with Gasteiger partial charge in [0.05, 0.1) is 12.5 Å². The summed E-state index contributed by atoms with van der Waals surface area (Å²) in [5.74, 6) is -0.0915. The fourth-order valence-electron chi connectivity index (χ4n) is 4.25. The molecule has 0 spiro atoms. The van der Waals surface area contributed by atoms with E-state index in [9.17, 15) is 4.79 Å². The number of hydrogen-bond donors (Lipinski definition) is 0. The average Bonchev–Trinajstić information content (AvgIpc) is 2.62. The molecule has 26 heavy (non-hydrogen) atoms. The van der Waals surface area contributed by atoms with Crippen LogP contribution in [0.4, 0.5) is 5.69 Å². The molecule has 2 nitrogen and oxygen atoms in total. The Hall–Kier alpha value is -2.87. The Morgan fingerprint density at radius 3 is 2.15 bits per heavy atom. The van der Waals surface area contributed by atoms with Crippen LogP contribution < -0.4 is 4.90 Å². The van der Waals surface area contributed by atoms with Gasteiger partial charge < -0.3 is 4.90 Å². The maximum atomic E-state index is 13.6. The number of carbonyl (C=O) groups is 1. The highest BCUT2D eigenvalue weighted by Gasteiger charge is 2.35. The van der Waals surface area contributed by atoms with Crippen LogP contribution in [0.15, 0.2) is 66.7 Å². The van der Waals surface area contributed by atoms with Crippen molar-refractivity contribution in [3.05, 3.63) is 100 Å². The molecule has 0 fully saturated rings. The van der Waals surface area contributed by atoms with Crippen LogP contribution in [0.2, 0.25) is 0 Å². The molecule has 130 valence electrons. The maximum Gasteiger partial charge on any atom is 0.239 e. The monoisotopic (exact) mass is 341 g/mol. The Morgan fingerprint density at radius 1 is 0.846 bits per heavy atom. The minimum absolute atomic E-state index is 0.157. The van der Waals surface area contributed by atoms with E-state index in [1.54, 1.807) is 0 Å². The minimum Gasteiger partial charge on any atom is -0.307 e. The van der Waals surface area contributed by atoms with Crippen molar-refractivity contribution in [2.45, 2.75) is 33.2 Å². The molecule has 2 heteroatoms. The highest BCUT2D eigenvalue weighted by molar-refractivity contribution is 6.03. The van der Waals surface area contributed by atoms with Crippen molar-refractivity contribution >= 4 is 11.6 Å². The quantitative estimate of drug-likeness (QED) is 0.620. The van der Waals surface area contributed by atoms with Gasteiger partial charge in [-0.2, -0.15) is 0 Å². The summed E-state index contributed by atoms with van der Waals surface area (Å²) < 4.78 is 0. The number of amides is 1. The minimum atomic E-state index is -0.249. The molecule has 1 unspecified atom stereocenters. The van der Waals surface area contributed by atoms with Crippen LogP contribution in [0.1, 0.15) is 39.3 Å². The molecule has 0 aliphatic carbocycles. The molecule has 3 aromatic carbocycles. The number of hydrogen-bond acceptors (Lipinski definition) is 1. The van der Waals surface area contributed by atoms with Gasteiger partial charge in [0.1, 0.15) is 0 Å². The molecule has 0 bridgehead atoms. The summed E-state index contributed by atoms with van der Waals surface area (Å²) in [5.41, 5.74) is 7.99. The molecule has 0 saturated heterocycles. The van der Waals surface area contributed by atoms with Gasteiger partial charge >= 0.3 is 0 Å². The summed E-state index contributed by atoms with van der Waals surface area (Å²) in [5, 5.41) is 0. The highest BCUT2D eigenvalue weighted by Crippen LogP contribution is 2.39. The van der Waals surface area contributed by atoms with Gasteiger partial charge in [0, 0.05) is 5.69 Å².